The largest absolute Gasteiger partial charge is 0.497 e. The highest BCUT2D eigenvalue weighted by Gasteiger charge is 2.51. The highest BCUT2D eigenvalue weighted by atomic mass is 16.5. The summed E-state index contributed by atoms with van der Waals surface area (Å²) in [6.07, 6.45) is 0.719. The van der Waals surface area contributed by atoms with E-state index in [1.165, 1.54) is 0 Å². The van der Waals surface area contributed by atoms with Crippen molar-refractivity contribution in [3.63, 3.8) is 0 Å². The van der Waals surface area contributed by atoms with Gasteiger partial charge in [-0.25, -0.2) is 0 Å². The number of methoxy groups -OCH3 is 1. The molecule has 0 bridgehead atoms. The van der Waals surface area contributed by atoms with Gasteiger partial charge in [0.05, 0.1) is 26.4 Å². The van der Waals surface area contributed by atoms with Crippen LogP contribution in [-0.4, -0.2) is 73.8 Å². The van der Waals surface area contributed by atoms with Crippen molar-refractivity contribution in [3.05, 3.63) is 65.2 Å². The number of Topliss-reactive ketones (excluding diaryl/α,β-unsaturated/α-hetero) is 2. The number of hydrogen-bond acceptors (Lipinski definition) is 6. The molecule has 4 rings (SSSR count). The first-order chi connectivity index (χ1) is 16.0. The Morgan fingerprint density at radius 1 is 1.00 bits per heavy atom. The predicted molar refractivity (Wildman–Crippen MR) is 123 cm³/mol. The maximum atomic E-state index is 13.4. The van der Waals surface area contributed by atoms with Crippen LogP contribution < -0.4 is 4.74 Å². The van der Waals surface area contributed by atoms with Crippen molar-refractivity contribution in [3.8, 4) is 5.75 Å². The average Bonchev–Trinajstić information content (AvgIpc) is 3.10. The summed E-state index contributed by atoms with van der Waals surface area (Å²) >= 11 is 0. The van der Waals surface area contributed by atoms with Crippen LogP contribution in [0.25, 0.3) is 0 Å². The zero-order chi connectivity index (χ0) is 23.4. The number of carbonyl (C=O) groups is 3. The van der Waals surface area contributed by atoms with Crippen molar-refractivity contribution in [2.24, 2.45) is 5.92 Å². The van der Waals surface area contributed by atoms with Gasteiger partial charge in [-0.1, -0.05) is 42.0 Å². The fraction of sp³-hybridized carbons (Fsp3) is 0.423. The lowest BCUT2D eigenvalue weighted by molar-refractivity contribution is -0.140. The molecule has 174 valence electrons. The molecule has 2 fully saturated rings. The number of amides is 1. The van der Waals surface area contributed by atoms with E-state index in [0.717, 1.165) is 37.2 Å². The normalized spacial score (nSPS) is 21.5. The van der Waals surface area contributed by atoms with E-state index in [1.54, 1.807) is 36.3 Å². The third-order valence-corrected chi connectivity index (χ3v) is 6.46. The molecule has 0 aromatic heterocycles. The fourth-order valence-corrected chi connectivity index (χ4v) is 4.59. The van der Waals surface area contributed by atoms with Crippen LogP contribution in [0.2, 0.25) is 0 Å². The van der Waals surface area contributed by atoms with Crippen LogP contribution in [0, 0.1) is 12.8 Å². The summed E-state index contributed by atoms with van der Waals surface area (Å²) in [5, 5.41) is 0. The van der Waals surface area contributed by atoms with Crippen LogP contribution in [0.3, 0.4) is 0 Å². The van der Waals surface area contributed by atoms with Crippen molar-refractivity contribution >= 4 is 17.5 Å². The van der Waals surface area contributed by atoms with Gasteiger partial charge < -0.3 is 14.4 Å². The van der Waals surface area contributed by atoms with Gasteiger partial charge in [-0.3, -0.25) is 19.3 Å². The summed E-state index contributed by atoms with van der Waals surface area (Å²) in [6, 6.07) is 13.8. The topological polar surface area (TPSA) is 76.2 Å². The molecule has 2 unspecified atom stereocenters. The van der Waals surface area contributed by atoms with Crippen LogP contribution in [0.1, 0.15) is 33.9 Å². The highest BCUT2D eigenvalue weighted by Crippen LogP contribution is 2.38. The summed E-state index contributed by atoms with van der Waals surface area (Å²) in [5.41, 5.74) is 2.23. The van der Waals surface area contributed by atoms with Gasteiger partial charge in [-0.05, 0) is 31.0 Å². The van der Waals surface area contributed by atoms with Gasteiger partial charge in [0.2, 0.25) is 5.78 Å². The SMILES string of the molecule is COc1ccc(C2C(C(=O)c3ccc(C)cc3)C(=O)C(=O)N2CCCN2CCOCC2)cc1. The number of benzene rings is 2. The second-order valence-electron chi connectivity index (χ2n) is 8.60. The Balaban J connectivity index is 1.60. The summed E-state index contributed by atoms with van der Waals surface area (Å²) < 4.78 is 10.7. The number of aryl methyl sites for hydroxylation is 1. The highest BCUT2D eigenvalue weighted by molar-refractivity contribution is 6.44. The molecule has 2 heterocycles. The van der Waals surface area contributed by atoms with E-state index in [9.17, 15) is 14.4 Å². The van der Waals surface area contributed by atoms with Crippen LogP contribution in [0.15, 0.2) is 48.5 Å². The second kappa shape index (κ2) is 10.3. The molecule has 7 heteroatoms. The Kier molecular flexibility index (Phi) is 7.20. The van der Waals surface area contributed by atoms with Gasteiger partial charge in [0.1, 0.15) is 11.7 Å². The van der Waals surface area contributed by atoms with E-state index in [0.29, 0.717) is 31.1 Å². The summed E-state index contributed by atoms with van der Waals surface area (Å²) in [6.45, 7) is 6.32. The number of likely N-dealkylation sites (tertiary alicyclic amines) is 1. The Morgan fingerprint density at radius 2 is 1.67 bits per heavy atom. The first-order valence-electron chi connectivity index (χ1n) is 11.4. The molecule has 33 heavy (non-hydrogen) atoms. The molecule has 2 aromatic carbocycles. The third-order valence-electron chi connectivity index (χ3n) is 6.46. The standard InChI is InChI=1S/C26H30N2O5/c1-18-4-6-20(7-5-18)24(29)22-23(19-8-10-21(32-2)11-9-19)28(26(31)25(22)30)13-3-12-27-14-16-33-17-15-27/h4-11,22-23H,3,12-17H2,1-2H3. The monoisotopic (exact) mass is 450 g/mol. The molecule has 0 radical (unpaired) electrons. The van der Waals surface area contributed by atoms with E-state index in [2.05, 4.69) is 4.90 Å². The summed E-state index contributed by atoms with van der Waals surface area (Å²) in [7, 11) is 1.58. The first kappa shape index (κ1) is 23.1. The molecular weight excluding hydrogens is 420 g/mol. The molecule has 1 amide bonds. The van der Waals surface area contributed by atoms with E-state index in [1.807, 2.05) is 31.2 Å². The van der Waals surface area contributed by atoms with Gasteiger partial charge in [0, 0.05) is 31.7 Å². The first-order valence-corrected chi connectivity index (χ1v) is 11.4. The van der Waals surface area contributed by atoms with Crippen LogP contribution >= 0.6 is 0 Å². The lowest BCUT2D eigenvalue weighted by Crippen LogP contribution is -2.39. The Hall–Kier alpha value is -3.03. The van der Waals surface area contributed by atoms with Gasteiger partial charge in [-0.15, -0.1) is 0 Å². The van der Waals surface area contributed by atoms with Gasteiger partial charge >= 0.3 is 0 Å². The minimum absolute atomic E-state index is 0.315. The minimum Gasteiger partial charge on any atom is -0.497 e. The third kappa shape index (κ3) is 4.99. The van der Waals surface area contributed by atoms with Crippen LogP contribution in [0.5, 0.6) is 5.75 Å². The quantitative estimate of drug-likeness (QED) is 0.350. The number of morpholine rings is 1. The Morgan fingerprint density at radius 3 is 2.30 bits per heavy atom. The average molecular weight is 451 g/mol. The number of rotatable bonds is 8. The molecular formula is C26H30N2O5. The smallest absolute Gasteiger partial charge is 0.291 e. The van der Waals surface area contributed by atoms with Gasteiger partial charge in [-0.2, -0.15) is 0 Å². The molecule has 0 saturated carbocycles. The minimum atomic E-state index is -1.06. The maximum absolute atomic E-state index is 13.4. The number of ketones is 2. The second-order valence-corrected chi connectivity index (χ2v) is 8.60. The van der Waals surface area contributed by atoms with Crippen molar-refractivity contribution < 1.29 is 23.9 Å². The fourth-order valence-electron chi connectivity index (χ4n) is 4.59. The molecule has 0 spiro atoms. The lowest BCUT2D eigenvalue weighted by Gasteiger charge is -2.30. The van der Waals surface area contributed by atoms with Crippen molar-refractivity contribution in [2.75, 3.05) is 46.5 Å². The number of nitrogens with zero attached hydrogens (tertiary/aromatic N) is 2. The molecule has 2 aliphatic heterocycles. The van der Waals surface area contributed by atoms with Crippen molar-refractivity contribution in [2.45, 2.75) is 19.4 Å². The van der Waals surface area contributed by atoms with Gasteiger partial charge in [0.15, 0.2) is 5.78 Å². The van der Waals surface area contributed by atoms with E-state index in [-0.39, 0.29) is 5.78 Å². The molecule has 7 nitrogen and oxygen atoms in total. The lowest BCUT2D eigenvalue weighted by atomic mass is 9.86. The van der Waals surface area contributed by atoms with E-state index < -0.39 is 23.7 Å². The Labute approximate surface area is 194 Å². The van der Waals surface area contributed by atoms with Crippen molar-refractivity contribution in [1.82, 2.24) is 9.80 Å². The summed E-state index contributed by atoms with van der Waals surface area (Å²) in [5.74, 6) is -1.91. The summed E-state index contributed by atoms with van der Waals surface area (Å²) in [4.78, 5) is 43.5. The Bertz CT molecular complexity index is 996. The molecule has 0 aliphatic carbocycles. The number of carbonyl (C=O) groups excluding carboxylic acids is 3. The van der Waals surface area contributed by atoms with E-state index >= 15 is 0 Å². The van der Waals surface area contributed by atoms with Crippen LogP contribution in [-0.2, 0) is 14.3 Å². The molecule has 2 atom stereocenters. The molecule has 2 aliphatic rings. The maximum Gasteiger partial charge on any atom is 0.291 e. The zero-order valence-corrected chi connectivity index (χ0v) is 19.2. The zero-order valence-electron chi connectivity index (χ0n) is 19.2. The molecule has 2 aromatic rings. The predicted octanol–water partition coefficient (Wildman–Crippen LogP) is 2.68. The van der Waals surface area contributed by atoms with Crippen molar-refractivity contribution in [1.29, 1.82) is 0 Å². The molecule has 0 N–H and O–H groups in total. The molecule has 2 saturated heterocycles. The van der Waals surface area contributed by atoms with Gasteiger partial charge in [0.25, 0.3) is 5.91 Å². The van der Waals surface area contributed by atoms with Crippen LogP contribution in [0.4, 0.5) is 0 Å². The number of ether oxygens (including phenoxy) is 2. The number of hydrogen-bond donors (Lipinski definition) is 0. The van der Waals surface area contributed by atoms with E-state index in [4.69, 9.17) is 9.47 Å².